The van der Waals surface area contributed by atoms with Crippen LogP contribution >= 0.6 is 0 Å². The van der Waals surface area contributed by atoms with E-state index in [1.54, 1.807) is 79.7 Å². The maximum atomic E-state index is 15.3. The van der Waals surface area contributed by atoms with Crippen molar-refractivity contribution in [3.63, 3.8) is 0 Å². The van der Waals surface area contributed by atoms with Crippen LogP contribution in [0.5, 0.6) is 0 Å². The van der Waals surface area contributed by atoms with Gasteiger partial charge in [0.2, 0.25) is 0 Å². The van der Waals surface area contributed by atoms with Gasteiger partial charge in [-0.2, -0.15) is 0 Å². The van der Waals surface area contributed by atoms with Crippen LogP contribution in [0, 0.1) is 28.6 Å². The molecule has 0 radical (unpaired) electrons. The third-order valence-electron chi connectivity index (χ3n) is 13.2. The van der Waals surface area contributed by atoms with E-state index in [-0.39, 0.29) is 35.7 Å². The van der Waals surface area contributed by atoms with E-state index in [1.807, 2.05) is 20.8 Å². The van der Waals surface area contributed by atoms with Gasteiger partial charge in [-0.1, -0.05) is 128 Å². The molecule has 9 heteroatoms. The number of carbonyl (C=O) groups excluding carboxylic acids is 4. The first-order valence-electron chi connectivity index (χ1n) is 20.3. The molecule has 2 aromatic carbocycles. The normalized spacial score (nSPS) is 31.5. The Kier molecular flexibility index (Phi) is 11.9. The number of ketones is 1. The monoisotopic (exact) mass is 754 g/mol. The molecule has 2 aromatic rings. The molecular weight excluding hydrogens is 696 g/mol. The number of unbranched alkanes of at least 4 members (excludes halogenated alkanes) is 8. The lowest BCUT2D eigenvalue weighted by molar-refractivity contribution is -0.192. The van der Waals surface area contributed by atoms with E-state index in [4.69, 9.17) is 14.2 Å². The number of rotatable bonds is 16. The first kappa shape index (κ1) is 40.6. The molecule has 0 aromatic heterocycles. The van der Waals surface area contributed by atoms with Crippen LogP contribution in [-0.4, -0.2) is 63.9 Å². The summed E-state index contributed by atoms with van der Waals surface area (Å²) in [5.74, 6) is -4.08. The highest BCUT2D eigenvalue weighted by Crippen LogP contribution is 2.75. The second kappa shape index (κ2) is 16.2. The minimum absolute atomic E-state index is 0.114. The summed E-state index contributed by atoms with van der Waals surface area (Å²) in [6.07, 6.45) is 10.7. The van der Waals surface area contributed by atoms with Crippen LogP contribution in [0.25, 0.3) is 0 Å². The molecule has 2 bridgehead atoms. The SMILES string of the molecule is CCCCCCCCCCCC(=O)OC12CC(C)C34C=C(C)C(OC(=O)c5ccccc5)C3(O)C(O)C(COC(=O)c3ccccc3)=CC(C4=O)C1C2(C)C. The van der Waals surface area contributed by atoms with Crippen molar-refractivity contribution >= 4 is 23.7 Å². The van der Waals surface area contributed by atoms with Crippen molar-refractivity contribution in [2.45, 2.75) is 129 Å². The van der Waals surface area contributed by atoms with E-state index >= 15 is 4.79 Å². The fraction of sp³-hybridized carbons (Fsp3) is 0.565. The van der Waals surface area contributed by atoms with Gasteiger partial charge in [-0.3, -0.25) is 9.59 Å². The van der Waals surface area contributed by atoms with Crippen LogP contribution in [0.1, 0.15) is 126 Å². The molecule has 2 fully saturated rings. The van der Waals surface area contributed by atoms with Crippen molar-refractivity contribution in [2.24, 2.45) is 28.6 Å². The Balaban J connectivity index is 1.31. The number of hydrogen-bond donors (Lipinski definition) is 2. The van der Waals surface area contributed by atoms with Crippen LogP contribution in [-0.2, 0) is 23.8 Å². The van der Waals surface area contributed by atoms with E-state index in [1.165, 1.54) is 32.1 Å². The molecule has 4 aliphatic rings. The quantitative estimate of drug-likeness (QED) is 0.0754. The maximum absolute atomic E-state index is 15.3. The number of esters is 3. The van der Waals surface area contributed by atoms with Gasteiger partial charge in [0.25, 0.3) is 0 Å². The largest absolute Gasteiger partial charge is 0.458 e. The number of hydrogen-bond acceptors (Lipinski definition) is 9. The zero-order valence-electron chi connectivity index (χ0n) is 33.1. The van der Waals surface area contributed by atoms with E-state index in [9.17, 15) is 24.6 Å². The van der Waals surface area contributed by atoms with Gasteiger partial charge in [-0.05, 0) is 61.1 Å². The van der Waals surface area contributed by atoms with E-state index in [0.29, 0.717) is 11.1 Å². The van der Waals surface area contributed by atoms with Gasteiger partial charge in [0.15, 0.2) is 17.5 Å². The Morgan fingerprint density at radius 1 is 0.836 bits per heavy atom. The van der Waals surface area contributed by atoms with Crippen LogP contribution in [0.15, 0.2) is 84.0 Å². The zero-order valence-corrected chi connectivity index (χ0v) is 33.1. The molecule has 0 saturated heterocycles. The molecule has 0 amide bonds. The molecule has 4 aliphatic carbocycles. The molecule has 2 N–H and O–H groups in total. The van der Waals surface area contributed by atoms with Gasteiger partial charge >= 0.3 is 17.9 Å². The smallest absolute Gasteiger partial charge is 0.338 e. The number of aliphatic hydroxyl groups is 2. The molecule has 2 saturated carbocycles. The summed E-state index contributed by atoms with van der Waals surface area (Å²) in [7, 11) is 0. The molecule has 8 atom stereocenters. The Morgan fingerprint density at radius 2 is 1.40 bits per heavy atom. The topological polar surface area (TPSA) is 136 Å². The molecule has 8 unspecified atom stereocenters. The molecule has 6 rings (SSSR count). The lowest BCUT2D eigenvalue weighted by Gasteiger charge is -2.49. The average molecular weight is 755 g/mol. The average Bonchev–Trinajstić information content (AvgIpc) is 3.57. The van der Waals surface area contributed by atoms with Crippen molar-refractivity contribution in [3.05, 3.63) is 95.1 Å². The third-order valence-corrected chi connectivity index (χ3v) is 13.2. The van der Waals surface area contributed by atoms with Crippen molar-refractivity contribution in [2.75, 3.05) is 6.61 Å². The van der Waals surface area contributed by atoms with Crippen LogP contribution in [0.4, 0.5) is 0 Å². The summed E-state index contributed by atoms with van der Waals surface area (Å²) in [6, 6.07) is 16.7. The van der Waals surface area contributed by atoms with E-state index < -0.39 is 70.5 Å². The summed E-state index contributed by atoms with van der Waals surface area (Å²) in [5, 5.41) is 25.5. The summed E-state index contributed by atoms with van der Waals surface area (Å²) in [6.45, 7) is 9.30. The number of carbonyl (C=O) groups is 4. The molecular formula is C46H58O9. The lowest BCUT2D eigenvalue weighted by atomic mass is 9.59. The number of Topliss-reactive ketones (excluding diaryl/α,β-unsaturated/α-hetero) is 1. The predicted molar refractivity (Wildman–Crippen MR) is 208 cm³/mol. The number of benzene rings is 2. The van der Waals surface area contributed by atoms with Crippen molar-refractivity contribution in [1.29, 1.82) is 0 Å². The van der Waals surface area contributed by atoms with Crippen molar-refractivity contribution in [3.8, 4) is 0 Å². The second-order valence-electron chi connectivity index (χ2n) is 17.0. The zero-order chi connectivity index (χ0) is 39.6. The highest BCUT2D eigenvalue weighted by molar-refractivity contribution is 5.96. The van der Waals surface area contributed by atoms with E-state index in [2.05, 4.69) is 6.92 Å². The summed E-state index contributed by atoms with van der Waals surface area (Å²) < 4.78 is 18.3. The first-order chi connectivity index (χ1) is 26.3. The number of ether oxygens (including phenoxy) is 3. The van der Waals surface area contributed by atoms with E-state index in [0.717, 1.165) is 25.7 Å². The van der Waals surface area contributed by atoms with Gasteiger partial charge in [-0.25, -0.2) is 9.59 Å². The third kappa shape index (κ3) is 7.12. The van der Waals surface area contributed by atoms with Gasteiger partial charge in [0.1, 0.15) is 18.3 Å². The molecule has 0 heterocycles. The predicted octanol–water partition coefficient (Wildman–Crippen LogP) is 8.13. The molecule has 55 heavy (non-hydrogen) atoms. The Bertz CT molecular complexity index is 1800. The number of aliphatic hydroxyl groups excluding tert-OH is 1. The summed E-state index contributed by atoms with van der Waals surface area (Å²) >= 11 is 0. The minimum atomic E-state index is -2.37. The number of allylic oxidation sites excluding steroid dienone is 1. The Morgan fingerprint density at radius 3 is 2.00 bits per heavy atom. The van der Waals surface area contributed by atoms with Gasteiger partial charge < -0.3 is 24.4 Å². The lowest BCUT2D eigenvalue weighted by Crippen LogP contribution is -2.66. The second-order valence-corrected chi connectivity index (χ2v) is 17.0. The Labute approximate surface area is 325 Å². The fourth-order valence-corrected chi connectivity index (χ4v) is 10.3. The molecule has 296 valence electrons. The molecule has 1 spiro atoms. The molecule has 0 aliphatic heterocycles. The first-order valence-corrected chi connectivity index (χ1v) is 20.3. The maximum Gasteiger partial charge on any atom is 0.338 e. The standard InChI is InChI=1S/C46H58O9/c1-6-7-8-9-10-11-12-13-20-25-36(47)55-45-28-31(3)44-27-30(2)40(54-42(51)33-23-18-15-19-24-33)46(44,52)38(48)34(26-35(39(44)49)37(45)43(45,4)5)29-53-41(50)32-21-16-14-17-22-32/h14-19,21-24,26-27,31,35,37-38,40,48,52H,6-13,20,25,28-29H2,1-5H3. The van der Waals surface area contributed by atoms with Crippen LogP contribution in [0.2, 0.25) is 0 Å². The minimum Gasteiger partial charge on any atom is -0.458 e. The molecule has 9 nitrogen and oxygen atoms in total. The van der Waals surface area contributed by atoms with Crippen molar-refractivity contribution < 1.29 is 43.6 Å². The number of fused-ring (bicyclic) bond motifs is 3. The van der Waals surface area contributed by atoms with Crippen molar-refractivity contribution in [1.82, 2.24) is 0 Å². The van der Waals surface area contributed by atoms with Gasteiger partial charge in [0.05, 0.1) is 16.5 Å². The highest BCUT2D eigenvalue weighted by Gasteiger charge is 2.83. The van der Waals surface area contributed by atoms with Crippen LogP contribution < -0.4 is 0 Å². The Hall–Kier alpha value is -4.08. The van der Waals surface area contributed by atoms with Gasteiger partial charge in [-0.15, -0.1) is 0 Å². The fourth-order valence-electron chi connectivity index (χ4n) is 10.3. The summed E-state index contributed by atoms with van der Waals surface area (Å²) in [4.78, 5) is 55.7. The highest BCUT2D eigenvalue weighted by atomic mass is 16.6. The van der Waals surface area contributed by atoms with Crippen LogP contribution in [0.3, 0.4) is 0 Å². The summed E-state index contributed by atoms with van der Waals surface area (Å²) in [5.41, 5.74) is -4.68. The van der Waals surface area contributed by atoms with Gasteiger partial charge in [0, 0.05) is 23.7 Å².